The summed E-state index contributed by atoms with van der Waals surface area (Å²) in [5, 5.41) is 9.73. The van der Waals surface area contributed by atoms with Crippen LogP contribution in [0.3, 0.4) is 0 Å². The van der Waals surface area contributed by atoms with Crippen LogP contribution in [0.1, 0.15) is 18.6 Å². The zero-order chi connectivity index (χ0) is 14.0. The van der Waals surface area contributed by atoms with Crippen LogP contribution in [0.15, 0.2) is 50.7 Å². The third kappa shape index (κ3) is 3.55. The number of aliphatic hydroxyl groups excluding tert-OH is 1. The quantitative estimate of drug-likeness (QED) is 0.851. The molecule has 0 radical (unpaired) electrons. The van der Waals surface area contributed by atoms with Gasteiger partial charge in [0, 0.05) is 20.3 Å². The Kier molecular flexibility index (Phi) is 4.60. The second-order valence-corrected chi connectivity index (χ2v) is 6.03. The van der Waals surface area contributed by atoms with Crippen molar-refractivity contribution in [2.45, 2.75) is 22.8 Å². The first-order chi connectivity index (χ1) is 8.97. The molecule has 0 heterocycles. The Morgan fingerprint density at radius 2 is 1.79 bits per heavy atom. The molecule has 1 atom stereocenters. The van der Waals surface area contributed by atoms with Crippen LogP contribution in [-0.4, -0.2) is 5.11 Å². The van der Waals surface area contributed by atoms with E-state index in [1.165, 1.54) is 12.1 Å². The van der Waals surface area contributed by atoms with Gasteiger partial charge in [0.1, 0.15) is 11.6 Å². The van der Waals surface area contributed by atoms with Gasteiger partial charge < -0.3 is 5.11 Å². The van der Waals surface area contributed by atoms with E-state index in [9.17, 15) is 13.9 Å². The average molecular weight is 345 g/mol. The highest BCUT2D eigenvalue weighted by Gasteiger charge is 2.12. The Balaban J connectivity index is 2.38. The number of rotatable bonds is 3. The minimum Gasteiger partial charge on any atom is -0.389 e. The van der Waals surface area contributed by atoms with E-state index in [0.717, 1.165) is 27.2 Å². The molecule has 0 amide bonds. The number of halogens is 3. The molecule has 0 saturated heterocycles. The van der Waals surface area contributed by atoms with E-state index in [2.05, 4.69) is 15.9 Å². The summed E-state index contributed by atoms with van der Waals surface area (Å²) in [6, 6.07) is 8.85. The van der Waals surface area contributed by atoms with Crippen LogP contribution in [-0.2, 0) is 0 Å². The average Bonchev–Trinajstić information content (AvgIpc) is 2.34. The fraction of sp³-hybridized carbons (Fsp3) is 0.143. The van der Waals surface area contributed by atoms with Crippen molar-refractivity contribution in [3.05, 3.63) is 58.1 Å². The lowest BCUT2D eigenvalue weighted by Gasteiger charge is -2.12. The van der Waals surface area contributed by atoms with E-state index < -0.39 is 17.7 Å². The zero-order valence-electron chi connectivity index (χ0n) is 10.0. The molecule has 0 fully saturated rings. The highest BCUT2D eigenvalue weighted by molar-refractivity contribution is 9.10. The van der Waals surface area contributed by atoms with Crippen molar-refractivity contribution in [3.8, 4) is 0 Å². The lowest BCUT2D eigenvalue weighted by molar-refractivity contribution is 0.196. The van der Waals surface area contributed by atoms with Crippen molar-refractivity contribution in [1.29, 1.82) is 0 Å². The first-order valence-corrected chi connectivity index (χ1v) is 7.18. The molecule has 5 heteroatoms. The second-order valence-electron chi connectivity index (χ2n) is 4.03. The van der Waals surface area contributed by atoms with Gasteiger partial charge in [0.2, 0.25) is 0 Å². The maximum absolute atomic E-state index is 13.6. The smallest absolute Gasteiger partial charge is 0.140 e. The van der Waals surface area contributed by atoms with Crippen LogP contribution in [0.2, 0.25) is 0 Å². The summed E-state index contributed by atoms with van der Waals surface area (Å²) >= 11 is 4.49. The van der Waals surface area contributed by atoms with Gasteiger partial charge in [-0.05, 0) is 42.8 Å². The summed E-state index contributed by atoms with van der Waals surface area (Å²) in [5.41, 5.74) is 0.697. The van der Waals surface area contributed by atoms with Crippen molar-refractivity contribution < 1.29 is 13.9 Å². The number of benzene rings is 2. The topological polar surface area (TPSA) is 20.2 Å². The van der Waals surface area contributed by atoms with Crippen LogP contribution in [0.4, 0.5) is 8.78 Å². The first-order valence-electron chi connectivity index (χ1n) is 5.58. The zero-order valence-corrected chi connectivity index (χ0v) is 12.4. The third-order valence-corrected chi connectivity index (χ3v) is 4.17. The molecule has 0 aliphatic carbocycles. The number of hydrogen-bond donors (Lipinski definition) is 1. The van der Waals surface area contributed by atoms with Crippen molar-refractivity contribution in [3.63, 3.8) is 0 Å². The van der Waals surface area contributed by atoms with Gasteiger partial charge >= 0.3 is 0 Å². The molecule has 0 saturated carbocycles. The Morgan fingerprint density at radius 3 is 2.42 bits per heavy atom. The minimum absolute atomic E-state index is 0.325. The fourth-order valence-electron chi connectivity index (χ4n) is 1.62. The molecule has 1 unspecified atom stereocenters. The molecule has 0 aliphatic heterocycles. The monoisotopic (exact) mass is 344 g/mol. The lowest BCUT2D eigenvalue weighted by atomic mass is 10.1. The normalized spacial score (nSPS) is 12.5. The van der Waals surface area contributed by atoms with Gasteiger partial charge in [0.25, 0.3) is 0 Å². The van der Waals surface area contributed by atoms with Crippen LogP contribution in [0.5, 0.6) is 0 Å². The minimum atomic E-state index is -0.663. The van der Waals surface area contributed by atoms with E-state index >= 15 is 0 Å². The molecule has 0 aromatic heterocycles. The van der Waals surface area contributed by atoms with E-state index in [1.54, 1.807) is 19.1 Å². The van der Waals surface area contributed by atoms with Crippen molar-refractivity contribution in [2.24, 2.45) is 0 Å². The maximum atomic E-state index is 13.6. The summed E-state index contributed by atoms with van der Waals surface area (Å²) in [6.45, 7) is 1.65. The first kappa shape index (κ1) is 14.5. The van der Waals surface area contributed by atoms with E-state index in [1.807, 2.05) is 6.07 Å². The molecular formula is C14H11BrF2OS. The van der Waals surface area contributed by atoms with Gasteiger partial charge in [-0.2, -0.15) is 0 Å². The summed E-state index contributed by atoms with van der Waals surface area (Å²) in [7, 11) is 0. The summed E-state index contributed by atoms with van der Waals surface area (Å²) in [5.74, 6) is -1.21. The van der Waals surface area contributed by atoms with Crippen molar-refractivity contribution in [1.82, 2.24) is 0 Å². The van der Waals surface area contributed by atoms with Crippen LogP contribution >= 0.6 is 27.7 Å². The van der Waals surface area contributed by atoms with Crippen LogP contribution in [0.25, 0.3) is 0 Å². The predicted molar refractivity (Wildman–Crippen MR) is 75.3 cm³/mol. The molecule has 100 valence electrons. The summed E-state index contributed by atoms with van der Waals surface area (Å²) in [6.07, 6.45) is -0.663. The Bertz CT molecular complexity index is 602. The van der Waals surface area contributed by atoms with E-state index in [-0.39, 0.29) is 0 Å². The largest absolute Gasteiger partial charge is 0.389 e. The van der Waals surface area contributed by atoms with E-state index in [0.29, 0.717) is 10.5 Å². The van der Waals surface area contributed by atoms with Gasteiger partial charge in [-0.15, -0.1) is 0 Å². The fourth-order valence-corrected chi connectivity index (χ4v) is 3.01. The molecule has 0 spiro atoms. The lowest BCUT2D eigenvalue weighted by Crippen LogP contribution is -1.94. The molecule has 2 aromatic rings. The number of aliphatic hydroxyl groups is 1. The van der Waals surface area contributed by atoms with Crippen LogP contribution in [0, 0.1) is 11.6 Å². The molecular weight excluding hydrogens is 334 g/mol. The summed E-state index contributed by atoms with van der Waals surface area (Å²) < 4.78 is 27.3. The SMILES string of the molecule is CC(O)c1cc(Br)ccc1Sc1ccc(F)cc1F. The van der Waals surface area contributed by atoms with Gasteiger partial charge in [0.15, 0.2) is 0 Å². The molecule has 0 aliphatic rings. The Morgan fingerprint density at radius 1 is 1.11 bits per heavy atom. The molecule has 19 heavy (non-hydrogen) atoms. The van der Waals surface area contributed by atoms with Gasteiger partial charge in [-0.1, -0.05) is 27.7 Å². The van der Waals surface area contributed by atoms with Gasteiger partial charge in [-0.25, -0.2) is 8.78 Å². The standard InChI is InChI=1S/C14H11BrF2OS/c1-8(18)11-6-9(15)2-4-13(11)19-14-5-3-10(16)7-12(14)17/h2-8,18H,1H3. The Hall–Kier alpha value is -0.910. The Labute approximate surface area is 122 Å². The second kappa shape index (κ2) is 6.03. The van der Waals surface area contributed by atoms with E-state index in [4.69, 9.17) is 0 Å². The molecule has 0 bridgehead atoms. The highest BCUT2D eigenvalue weighted by Crippen LogP contribution is 2.36. The van der Waals surface area contributed by atoms with Gasteiger partial charge in [-0.3, -0.25) is 0 Å². The molecule has 2 rings (SSSR count). The molecule has 1 nitrogen and oxygen atoms in total. The molecule has 1 N–H and O–H groups in total. The third-order valence-electron chi connectivity index (χ3n) is 2.54. The van der Waals surface area contributed by atoms with Crippen molar-refractivity contribution in [2.75, 3.05) is 0 Å². The maximum Gasteiger partial charge on any atom is 0.140 e. The molecule has 2 aromatic carbocycles. The summed E-state index contributed by atoms with van der Waals surface area (Å²) in [4.78, 5) is 1.06. The van der Waals surface area contributed by atoms with Crippen LogP contribution < -0.4 is 0 Å². The highest BCUT2D eigenvalue weighted by atomic mass is 79.9. The number of hydrogen-bond acceptors (Lipinski definition) is 2. The van der Waals surface area contributed by atoms with Crippen molar-refractivity contribution >= 4 is 27.7 Å². The van der Waals surface area contributed by atoms with Gasteiger partial charge in [0.05, 0.1) is 6.10 Å². The predicted octanol–water partition coefficient (Wildman–Crippen LogP) is 4.93.